The Morgan fingerprint density at radius 2 is 1.97 bits per heavy atom. The van der Waals surface area contributed by atoms with E-state index < -0.39 is 24.3 Å². The summed E-state index contributed by atoms with van der Waals surface area (Å²) in [5.41, 5.74) is 0.374. The molecule has 4 aromatic heterocycles. The van der Waals surface area contributed by atoms with Gasteiger partial charge in [-0.3, -0.25) is 24.2 Å². The summed E-state index contributed by atoms with van der Waals surface area (Å²) < 4.78 is 40.7. The molecule has 4 aromatic rings. The molecule has 4 heterocycles. The van der Waals surface area contributed by atoms with Crippen LogP contribution in [-0.4, -0.2) is 47.7 Å². The van der Waals surface area contributed by atoms with Crippen molar-refractivity contribution in [2.45, 2.75) is 25.7 Å². The molecule has 0 aliphatic heterocycles. The SMILES string of the molecule is CC(CO)n1cc(C(=O)c2cncc(NC(=O)Cn3ccc(C(F)(F)F)n3)c2)c2cnccc21. The molecule has 34 heavy (non-hydrogen) atoms. The van der Waals surface area contributed by atoms with Crippen molar-refractivity contribution in [3.05, 3.63) is 72.2 Å². The van der Waals surface area contributed by atoms with Gasteiger partial charge in [-0.15, -0.1) is 0 Å². The first-order valence-electron chi connectivity index (χ1n) is 10.1. The highest BCUT2D eigenvalue weighted by molar-refractivity contribution is 6.16. The summed E-state index contributed by atoms with van der Waals surface area (Å²) >= 11 is 0. The summed E-state index contributed by atoms with van der Waals surface area (Å²) in [6.45, 7) is 1.24. The Morgan fingerprint density at radius 3 is 2.68 bits per heavy atom. The number of aliphatic hydroxyl groups is 1. The molecule has 0 fully saturated rings. The number of rotatable bonds is 7. The van der Waals surface area contributed by atoms with E-state index in [2.05, 4.69) is 20.4 Å². The lowest BCUT2D eigenvalue weighted by Crippen LogP contribution is -2.20. The molecule has 176 valence electrons. The monoisotopic (exact) mass is 472 g/mol. The smallest absolute Gasteiger partial charge is 0.394 e. The maximum Gasteiger partial charge on any atom is 0.435 e. The molecule has 0 radical (unpaired) electrons. The van der Waals surface area contributed by atoms with E-state index in [1.807, 2.05) is 6.92 Å². The van der Waals surface area contributed by atoms with E-state index in [0.717, 1.165) is 22.5 Å². The van der Waals surface area contributed by atoms with E-state index in [0.29, 0.717) is 10.9 Å². The molecule has 0 aliphatic carbocycles. The number of nitrogens with zero attached hydrogens (tertiary/aromatic N) is 5. The first-order valence-corrected chi connectivity index (χ1v) is 10.1. The van der Waals surface area contributed by atoms with Crippen LogP contribution < -0.4 is 5.32 Å². The topological polar surface area (TPSA) is 115 Å². The highest BCUT2D eigenvalue weighted by atomic mass is 19.4. The van der Waals surface area contributed by atoms with Crippen molar-refractivity contribution < 1.29 is 27.9 Å². The second-order valence-corrected chi connectivity index (χ2v) is 7.61. The standard InChI is InChI=1S/C22H19F3N6O3/c1-13(12-32)31-10-17(16-9-26-4-2-18(16)31)21(34)14-6-15(8-27-7-14)28-20(33)11-30-5-3-19(29-30)22(23,24)25/h2-10,13,32H,11-12H2,1H3,(H,28,33). The zero-order valence-corrected chi connectivity index (χ0v) is 17.8. The summed E-state index contributed by atoms with van der Waals surface area (Å²) in [4.78, 5) is 33.6. The lowest BCUT2D eigenvalue weighted by atomic mass is 10.1. The quantitative estimate of drug-likeness (QED) is 0.400. The fourth-order valence-corrected chi connectivity index (χ4v) is 3.47. The van der Waals surface area contributed by atoms with Gasteiger partial charge in [0, 0.05) is 47.5 Å². The third kappa shape index (κ3) is 4.66. The van der Waals surface area contributed by atoms with Crippen molar-refractivity contribution in [1.82, 2.24) is 24.3 Å². The normalized spacial score (nSPS) is 12.6. The van der Waals surface area contributed by atoms with E-state index in [4.69, 9.17) is 0 Å². The van der Waals surface area contributed by atoms with Crippen molar-refractivity contribution in [1.29, 1.82) is 0 Å². The molecular formula is C22H19F3N6O3. The van der Waals surface area contributed by atoms with Crippen LogP contribution >= 0.6 is 0 Å². The Balaban J connectivity index is 1.54. The number of hydrogen-bond donors (Lipinski definition) is 2. The molecule has 12 heteroatoms. The summed E-state index contributed by atoms with van der Waals surface area (Å²) in [5.74, 6) is -1.01. The summed E-state index contributed by atoms with van der Waals surface area (Å²) in [7, 11) is 0. The van der Waals surface area contributed by atoms with E-state index in [1.54, 1.807) is 29.2 Å². The fourth-order valence-electron chi connectivity index (χ4n) is 3.47. The van der Waals surface area contributed by atoms with Crippen LogP contribution in [0.1, 0.15) is 34.6 Å². The first kappa shape index (κ1) is 23.1. The number of nitrogens with one attached hydrogen (secondary N) is 1. The van der Waals surface area contributed by atoms with Gasteiger partial charge >= 0.3 is 6.18 Å². The number of alkyl halides is 3. The molecule has 1 unspecified atom stereocenters. The Morgan fingerprint density at radius 1 is 1.18 bits per heavy atom. The maximum absolute atomic E-state index is 13.2. The molecule has 0 saturated carbocycles. The minimum atomic E-state index is -4.60. The highest BCUT2D eigenvalue weighted by Crippen LogP contribution is 2.28. The largest absolute Gasteiger partial charge is 0.435 e. The van der Waals surface area contributed by atoms with Crippen LogP contribution in [0.3, 0.4) is 0 Å². The van der Waals surface area contributed by atoms with Crippen molar-refractivity contribution in [3.63, 3.8) is 0 Å². The van der Waals surface area contributed by atoms with Gasteiger partial charge in [-0.05, 0) is 25.1 Å². The van der Waals surface area contributed by atoms with Gasteiger partial charge in [0.05, 0.1) is 30.0 Å². The van der Waals surface area contributed by atoms with Crippen LogP contribution in [-0.2, 0) is 17.5 Å². The summed E-state index contributed by atoms with van der Waals surface area (Å²) in [6.07, 6.45) is 3.89. The molecule has 1 amide bonds. The van der Waals surface area contributed by atoms with Crippen molar-refractivity contribution in [2.75, 3.05) is 11.9 Å². The number of anilines is 1. The number of carbonyl (C=O) groups excluding carboxylic acids is 2. The molecule has 1 atom stereocenters. The molecule has 0 spiro atoms. The third-order valence-corrected chi connectivity index (χ3v) is 5.14. The molecule has 0 aliphatic rings. The molecular weight excluding hydrogens is 453 g/mol. The number of aromatic nitrogens is 5. The van der Waals surface area contributed by atoms with Gasteiger partial charge in [0.2, 0.25) is 5.91 Å². The number of halogens is 3. The minimum Gasteiger partial charge on any atom is -0.394 e. The van der Waals surface area contributed by atoms with Crippen LogP contribution in [0.15, 0.2) is 55.4 Å². The first-order chi connectivity index (χ1) is 16.2. The van der Waals surface area contributed by atoms with Gasteiger partial charge < -0.3 is 15.0 Å². The van der Waals surface area contributed by atoms with E-state index in [9.17, 15) is 27.9 Å². The number of carbonyl (C=O) groups is 2. The van der Waals surface area contributed by atoms with Crippen LogP contribution in [0.5, 0.6) is 0 Å². The minimum absolute atomic E-state index is 0.122. The lowest BCUT2D eigenvalue weighted by molar-refractivity contribution is -0.141. The van der Waals surface area contributed by atoms with Gasteiger partial charge in [0.25, 0.3) is 0 Å². The molecule has 0 saturated heterocycles. The number of ketones is 1. The predicted molar refractivity (Wildman–Crippen MR) is 115 cm³/mol. The van der Waals surface area contributed by atoms with E-state index in [1.165, 1.54) is 18.5 Å². The van der Waals surface area contributed by atoms with Crippen LogP contribution in [0, 0.1) is 0 Å². The Labute approximate surface area is 190 Å². The second kappa shape index (κ2) is 9.06. The van der Waals surface area contributed by atoms with Gasteiger partial charge in [0.15, 0.2) is 11.5 Å². The lowest BCUT2D eigenvalue weighted by Gasteiger charge is -2.11. The van der Waals surface area contributed by atoms with Gasteiger partial charge in [-0.2, -0.15) is 18.3 Å². The summed E-state index contributed by atoms with van der Waals surface area (Å²) in [5, 5.41) is 16.0. The molecule has 9 nitrogen and oxygen atoms in total. The number of aliphatic hydroxyl groups excluding tert-OH is 1. The average Bonchev–Trinajstić information content (AvgIpc) is 3.43. The van der Waals surface area contributed by atoms with Crippen molar-refractivity contribution in [3.8, 4) is 0 Å². The van der Waals surface area contributed by atoms with Crippen LogP contribution in [0.2, 0.25) is 0 Å². The molecule has 0 bridgehead atoms. The van der Waals surface area contributed by atoms with Crippen LogP contribution in [0.4, 0.5) is 18.9 Å². The number of hydrogen-bond acceptors (Lipinski definition) is 6. The molecule has 2 N–H and O–H groups in total. The Hall–Kier alpha value is -4.06. The van der Waals surface area contributed by atoms with Gasteiger partial charge in [0.1, 0.15) is 6.54 Å². The Kier molecular flexibility index (Phi) is 6.16. The van der Waals surface area contributed by atoms with Crippen LogP contribution in [0.25, 0.3) is 10.9 Å². The highest BCUT2D eigenvalue weighted by Gasteiger charge is 2.33. The number of pyridine rings is 2. The maximum atomic E-state index is 13.2. The average molecular weight is 472 g/mol. The zero-order chi connectivity index (χ0) is 24.5. The van der Waals surface area contributed by atoms with Gasteiger partial charge in [-0.1, -0.05) is 0 Å². The number of amides is 1. The third-order valence-electron chi connectivity index (χ3n) is 5.14. The molecule has 4 rings (SSSR count). The van der Waals surface area contributed by atoms with E-state index >= 15 is 0 Å². The summed E-state index contributed by atoms with van der Waals surface area (Å²) in [6, 6.07) is 3.67. The Bertz CT molecular complexity index is 1360. The number of fused-ring (bicyclic) bond motifs is 1. The van der Waals surface area contributed by atoms with Gasteiger partial charge in [-0.25, -0.2) is 0 Å². The zero-order valence-electron chi connectivity index (χ0n) is 17.8. The molecule has 0 aromatic carbocycles. The second-order valence-electron chi connectivity index (χ2n) is 7.61. The fraction of sp³-hybridized carbons (Fsp3) is 0.227. The van der Waals surface area contributed by atoms with Crippen molar-refractivity contribution in [2.24, 2.45) is 0 Å². The van der Waals surface area contributed by atoms with Crippen molar-refractivity contribution >= 4 is 28.3 Å². The van der Waals surface area contributed by atoms with E-state index in [-0.39, 0.29) is 29.7 Å². The predicted octanol–water partition coefficient (Wildman–Crippen LogP) is 3.07.